The molecule has 172 valence electrons. The molecule has 0 radical (unpaired) electrons. The molecule has 1 fully saturated rings. The van der Waals surface area contributed by atoms with E-state index in [4.69, 9.17) is 4.74 Å². The van der Waals surface area contributed by atoms with Gasteiger partial charge in [-0.1, -0.05) is 33.3 Å². The molecule has 1 aliphatic carbocycles. The number of aryl methyl sites for hydroxylation is 2. The Labute approximate surface area is 181 Å². The Hall–Kier alpha value is -2.09. The van der Waals surface area contributed by atoms with Gasteiger partial charge in [-0.05, 0) is 67.7 Å². The number of carbonyl (C=O) groups excluding carboxylic acids is 1. The van der Waals surface area contributed by atoms with E-state index >= 15 is 0 Å². The standard InChI is InChI=1S/C23H31F3N2O3/c1-6-21(4,5)16-8-10-19-18(12-16)22(30,23(24,25)26)28(27-19)20(29)13-31-17-9-7-14(2)15(3)11-17/h7,9,11,16,18,30H,6,8,10,12-13H2,1-5H3/t16-,18+,22-/m1/s1. The molecule has 1 amide bonds. The van der Waals surface area contributed by atoms with E-state index < -0.39 is 30.3 Å². The van der Waals surface area contributed by atoms with Crippen molar-refractivity contribution in [2.75, 3.05) is 6.61 Å². The number of halogens is 3. The molecule has 8 heteroatoms. The number of hydrogen-bond donors (Lipinski definition) is 1. The highest BCUT2D eigenvalue weighted by molar-refractivity contribution is 5.93. The fourth-order valence-electron chi connectivity index (χ4n) is 4.48. The number of carbonyl (C=O) groups is 1. The van der Waals surface area contributed by atoms with E-state index in [2.05, 4.69) is 5.10 Å². The zero-order valence-corrected chi connectivity index (χ0v) is 18.7. The second kappa shape index (κ2) is 8.11. The first-order chi connectivity index (χ1) is 14.3. The summed E-state index contributed by atoms with van der Waals surface area (Å²) >= 11 is 0. The summed E-state index contributed by atoms with van der Waals surface area (Å²) in [5, 5.41) is 15.1. The number of nitrogens with zero attached hydrogens (tertiary/aromatic N) is 2. The van der Waals surface area contributed by atoms with Crippen molar-refractivity contribution in [3.05, 3.63) is 29.3 Å². The summed E-state index contributed by atoms with van der Waals surface area (Å²) in [7, 11) is 0. The third-order valence-corrected chi connectivity index (χ3v) is 7.22. The normalized spacial score (nSPS) is 26.5. The molecule has 3 atom stereocenters. The molecule has 2 aliphatic rings. The number of hydrogen-bond acceptors (Lipinski definition) is 4. The fourth-order valence-corrected chi connectivity index (χ4v) is 4.48. The largest absolute Gasteiger partial charge is 0.484 e. The molecular weight excluding hydrogens is 409 g/mol. The number of alkyl halides is 3. The summed E-state index contributed by atoms with van der Waals surface area (Å²) in [6.07, 6.45) is -3.08. The molecule has 0 aromatic heterocycles. The Morgan fingerprint density at radius 1 is 1.29 bits per heavy atom. The number of ether oxygens (including phenoxy) is 1. The third kappa shape index (κ3) is 4.19. The van der Waals surface area contributed by atoms with Crippen LogP contribution in [0.3, 0.4) is 0 Å². The van der Waals surface area contributed by atoms with Crippen molar-refractivity contribution >= 4 is 11.6 Å². The Morgan fingerprint density at radius 2 is 1.97 bits per heavy atom. The molecule has 5 nitrogen and oxygen atoms in total. The molecule has 31 heavy (non-hydrogen) atoms. The smallest absolute Gasteiger partial charge is 0.439 e. The van der Waals surface area contributed by atoms with Gasteiger partial charge in [-0.2, -0.15) is 23.3 Å². The molecule has 3 rings (SSSR count). The molecule has 0 bridgehead atoms. The van der Waals surface area contributed by atoms with Crippen LogP contribution in [-0.4, -0.2) is 40.2 Å². The molecule has 0 saturated heterocycles. The second-order valence-corrected chi connectivity index (χ2v) is 9.42. The SMILES string of the molecule is CCC(C)(C)[C@@H]1CCC2=NN(C(=O)COc3ccc(C)c(C)c3)[C@](O)(C(F)(F)F)[C@H]2C1. The van der Waals surface area contributed by atoms with Crippen LogP contribution in [0.4, 0.5) is 13.2 Å². The maximum Gasteiger partial charge on any atom is 0.439 e. The van der Waals surface area contributed by atoms with Gasteiger partial charge in [0.25, 0.3) is 11.6 Å². The van der Waals surface area contributed by atoms with Crippen LogP contribution in [0.25, 0.3) is 0 Å². The van der Waals surface area contributed by atoms with Gasteiger partial charge in [-0.3, -0.25) is 4.79 Å². The van der Waals surface area contributed by atoms with Gasteiger partial charge in [0.05, 0.1) is 5.92 Å². The van der Waals surface area contributed by atoms with Crippen LogP contribution in [0.2, 0.25) is 0 Å². The predicted molar refractivity (Wildman–Crippen MR) is 112 cm³/mol. The van der Waals surface area contributed by atoms with Crippen LogP contribution in [0, 0.1) is 31.1 Å². The average Bonchev–Trinajstić information content (AvgIpc) is 3.02. The fraction of sp³-hybridized carbons (Fsp3) is 0.652. The van der Waals surface area contributed by atoms with Crippen LogP contribution < -0.4 is 4.74 Å². The van der Waals surface area contributed by atoms with Crippen LogP contribution in [-0.2, 0) is 4.79 Å². The lowest BCUT2D eigenvalue weighted by Gasteiger charge is -2.43. The Balaban J connectivity index is 1.83. The van der Waals surface area contributed by atoms with Crippen LogP contribution >= 0.6 is 0 Å². The Morgan fingerprint density at radius 3 is 2.55 bits per heavy atom. The van der Waals surface area contributed by atoms with Crippen molar-refractivity contribution in [3.8, 4) is 5.75 Å². The summed E-state index contributed by atoms with van der Waals surface area (Å²) in [6.45, 7) is 9.21. The minimum Gasteiger partial charge on any atom is -0.484 e. The van der Waals surface area contributed by atoms with Crippen molar-refractivity contribution in [1.29, 1.82) is 0 Å². The molecule has 1 aliphatic heterocycles. The first kappa shape index (κ1) is 23.6. The van der Waals surface area contributed by atoms with E-state index in [1.807, 2.05) is 40.7 Å². The quantitative estimate of drug-likeness (QED) is 0.702. The summed E-state index contributed by atoms with van der Waals surface area (Å²) < 4.78 is 47.8. The lowest BCUT2D eigenvalue weighted by Crippen LogP contribution is -2.62. The second-order valence-electron chi connectivity index (χ2n) is 9.42. The highest BCUT2D eigenvalue weighted by atomic mass is 19.4. The molecule has 0 unspecified atom stereocenters. The van der Waals surface area contributed by atoms with Gasteiger partial charge in [0.15, 0.2) is 6.61 Å². The number of aliphatic hydroxyl groups is 1. The van der Waals surface area contributed by atoms with Gasteiger partial charge in [0, 0.05) is 5.71 Å². The molecule has 1 aromatic rings. The monoisotopic (exact) mass is 440 g/mol. The van der Waals surface area contributed by atoms with Crippen LogP contribution in [0.5, 0.6) is 5.75 Å². The van der Waals surface area contributed by atoms with Gasteiger partial charge < -0.3 is 9.84 Å². The van der Waals surface area contributed by atoms with E-state index in [9.17, 15) is 23.1 Å². The number of benzene rings is 1. The van der Waals surface area contributed by atoms with Crippen LogP contribution in [0.1, 0.15) is 57.6 Å². The maximum atomic E-state index is 14.1. The van der Waals surface area contributed by atoms with Crippen molar-refractivity contribution < 1.29 is 27.8 Å². The zero-order valence-electron chi connectivity index (χ0n) is 18.7. The summed E-state index contributed by atoms with van der Waals surface area (Å²) in [5.74, 6) is -1.91. The number of rotatable bonds is 5. The lowest BCUT2D eigenvalue weighted by atomic mass is 9.64. The van der Waals surface area contributed by atoms with Gasteiger partial charge in [-0.15, -0.1) is 0 Å². The van der Waals surface area contributed by atoms with Gasteiger partial charge in [0.2, 0.25) is 0 Å². The highest BCUT2D eigenvalue weighted by Gasteiger charge is 2.69. The summed E-state index contributed by atoms with van der Waals surface area (Å²) in [6, 6.07) is 5.17. The van der Waals surface area contributed by atoms with Gasteiger partial charge in [0.1, 0.15) is 5.75 Å². The molecule has 0 spiro atoms. The number of fused-ring (bicyclic) bond motifs is 1. The summed E-state index contributed by atoms with van der Waals surface area (Å²) in [4.78, 5) is 12.7. The minimum absolute atomic E-state index is 0.00263. The lowest BCUT2D eigenvalue weighted by molar-refractivity contribution is -0.318. The van der Waals surface area contributed by atoms with Gasteiger partial charge in [-0.25, -0.2) is 0 Å². The molecule has 1 aromatic carbocycles. The number of hydrazone groups is 1. The van der Waals surface area contributed by atoms with E-state index in [1.54, 1.807) is 12.1 Å². The van der Waals surface area contributed by atoms with E-state index in [-0.39, 0.29) is 28.5 Å². The van der Waals surface area contributed by atoms with Gasteiger partial charge >= 0.3 is 6.18 Å². The first-order valence-corrected chi connectivity index (χ1v) is 10.7. The van der Waals surface area contributed by atoms with E-state index in [1.165, 1.54) is 0 Å². The zero-order chi connectivity index (χ0) is 23.2. The van der Waals surface area contributed by atoms with Crippen molar-refractivity contribution in [2.24, 2.45) is 22.4 Å². The van der Waals surface area contributed by atoms with E-state index in [0.29, 0.717) is 18.6 Å². The molecule has 1 heterocycles. The Bertz CT molecular complexity index is 881. The maximum absolute atomic E-state index is 14.1. The van der Waals surface area contributed by atoms with E-state index in [0.717, 1.165) is 17.5 Å². The molecule has 1 saturated carbocycles. The van der Waals surface area contributed by atoms with Crippen LogP contribution in [0.15, 0.2) is 23.3 Å². The summed E-state index contributed by atoms with van der Waals surface area (Å²) in [5.41, 5.74) is -1.31. The minimum atomic E-state index is -5.04. The van der Waals surface area contributed by atoms with Crippen molar-refractivity contribution in [2.45, 2.75) is 72.2 Å². The topological polar surface area (TPSA) is 62.1 Å². The third-order valence-electron chi connectivity index (χ3n) is 7.22. The predicted octanol–water partition coefficient (Wildman–Crippen LogP) is 4.98. The molecular formula is C23H31F3N2O3. The Kier molecular flexibility index (Phi) is 6.17. The van der Waals surface area contributed by atoms with Crippen molar-refractivity contribution in [1.82, 2.24) is 5.01 Å². The average molecular weight is 441 g/mol. The molecule has 1 N–H and O–H groups in total. The first-order valence-electron chi connectivity index (χ1n) is 10.7. The highest BCUT2D eigenvalue weighted by Crippen LogP contribution is 2.52. The van der Waals surface area contributed by atoms with Crippen molar-refractivity contribution in [3.63, 3.8) is 0 Å². The number of amides is 1.